The van der Waals surface area contributed by atoms with Gasteiger partial charge in [-0.2, -0.15) is 0 Å². The van der Waals surface area contributed by atoms with Crippen LogP contribution in [0.5, 0.6) is 0 Å². The van der Waals surface area contributed by atoms with Gasteiger partial charge in [-0.05, 0) is 44.0 Å². The first-order valence-corrected chi connectivity index (χ1v) is 8.28. The third-order valence-electron chi connectivity index (χ3n) is 3.92. The lowest BCUT2D eigenvalue weighted by Crippen LogP contribution is -2.45. The van der Waals surface area contributed by atoms with Gasteiger partial charge < -0.3 is 5.32 Å². The summed E-state index contributed by atoms with van der Waals surface area (Å²) in [5, 5.41) is 14.3. The van der Waals surface area contributed by atoms with E-state index >= 15 is 0 Å². The largest absolute Gasteiger partial charge is 0.315 e. The van der Waals surface area contributed by atoms with Crippen molar-refractivity contribution in [1.82, 2.24) is 10.2 Å². The molecule has 1 saturated heterocycles. The van der Waals surface area contributed by atoms with Gasteiger partial charge in [0.05, 0.1) is 4.92 Å². The molecule has 1 atom stereocenters. The zero-order valence-electron chi connectivity index (χ0n) is 12.3. The van der Waals surface area contributed by atoms with Crippen molar-refractivity contribution < 1.29 is 4.92 Å². The lowest BCUT2D eigenvalue weighted by atomic mass is 10.0. The minimum Gasteiger partial charge on any atom is -0.315 e. The Bertz CT molecular complexity index is 490. The van der Waals surface area contributed by atoms with Gasteiger partial charge in [0.25, 0.3) is 5.69 Å². The van der Waals surface area contributed by atoms with E-state index in [1.54, 1.807) is 12.1 Å². The molecule has 0 amide bonds. The monoisotopic (exact) mass is 355 g/mol. The number of benzene rings is 1. The minimum atomic E-state index is -0.358. The Morgan fingerprint density at radius 3 is 2.90 bits per heavy atom. The maximum Gasteiger partial charge on any atom is 0.270 e. The molecular weight excluding hydrogens is 334 g/mol. The number of non-ortho nitro benzene ring substituents is 1. The molecule has 1 aliphatic heterocycles. The van der Waals surface area contributed by atoms with E-state index < -0.39 is 0 Å². The van der Waals surface area contributed by atoms with Crippen LogP contribution in [-0.4, -0.2) is 35.5 Å². The smallest absolute Gasteiger partial charge is 0.270 e. The molecule has 1 unspecified atom stereocenters. The molecule has 1 aliphatic rings. The number of nitro groups is 1. The molecule has 0 spiro atoms. The summed E-state index contributed by atoms with van der Waals surface area (Å²) in [6, 6.07) is 5.60. The molecule has 1 N–H and O–H groups in total. The van der Waals surface area contributed by atoms with Gasteiger partial charge in [0.2, 0.25) is 0 Å². The van der Waals surface area contributed by atoms with Crippen molar-refractivity contribution >= 4 is 21.6 Å². The molecule has 21 heavy (non-hydrogen) atoms. The average Bonchev–Trinajstić information content (AvgIpc) is 2.49. The molecule has 1 fully saturated rings. The van der Waals surface area contributed by atoms with Crippen molar-refractivity contribution in [3.8, 4) is 0 Å². The average molecular weight is 356 g/mol. The second kappa shape index (κ2) is 7.87. The van der Waals surface area contributed by atoms with Crippen LogP contribution in [0.4, 0.5) is 5.69 Å². The van der Waals surface area contributed by atoms with E-state index in [0.29, 0.717) is 6.04 Å². The summed E-state index contributed by atoms with van der Waals surface area (Å²) in [5.41, 5.74) is 1.24. The van der Waals surface area contributed by atoms with Crippen LogP contribution in [0.15, 0.2) is 22.7 Å². The van der Waals surface area contributed by atoms with Gasteiger partial charge in [0.15, 0.2) is 0 Å². The van der Waals surface area contributed by atoms with Crippen molar-refractivity contribution in [3.63, 3.8) is 0 Å². The molecule has 116 valence electrons. The highest BCUT2D eigenvalue weighted by Crippen LogP contribution is 2.25. The molecule has 1 aromatic rings. The highest BCUT2D eigenvalue weighted by atomic mass is 79.9. The van der Waals surface area contributed by atoms with Crippen LogP contribution < -0.4 is 5.32 Å². The Labute approximate surface area is 134 Å². The van der Waals surface area contributed by atoms with E-state index in [2.05, 4.69) is 33.1 Å². The van der Waals surface area contributed by atoms with E-state index in [-0.39, 0.29) is 10.6 Å². The molecule has 0 bridgehead atoms. The highest BCUT2D eigenvalue weighted by molar-refractivity contribution is 9.10. The van der Waals surface area contributed by atoms with Gasteiger partial charge in [-0.1, -0.05) is 22.9 Å². The topological polar surface area (TPSA) is 58.4 Å². The van der Waals surface area contributed by atoms with Crippen LogP contribution in [-0.2, 0) is 6.54 Å². The van der Waals surface area contributed by atoms with Gasteiger partial charge >= 0.3 is 0 Å². The number of hydrogen-bond acceptors (Lipinski definition) is 4. The Morgan fingerprint density at radius 2 is 2.33 bits per heavy atom. The van der Waals surface area contributed by atoms with Crippen molar-refractivity contribution in [2.45, 2.75) is 38.8 Å². The van der Waals surface area contributed by atoms with Gasteiger partial charge in [0, 0.05) is 35.7 Å². The molecule has 2 rings (SSSR count). The molecule has 0 aromatic heterocycles. The number of nitrogens with one attached hydrogen (secondary N) is 1. The normalized spacial score (nSPS) is 18.9. The van der Waals surface area contributed by atoms with Crippen LogP contribution in [0.25, 0.3) is 0 Å². The molecule has 0 aliphatic carbocycles. The summed E-state index contributed by atoms with van der Waals surface area (Å²) in [7, 11) is 0. The Kier molecular flexibility index (Phi) is 6.14. The maximum absolute atomic E-state index is 10.8. The lowest BCUT2D eigenvalue weighted by Gasteiger charge is -2.34. The van der Waals surface area contributed by atoms with Crippen molar-refractivity contribution in [3.05, 3.63) is 38.3 Å². The molecule has 5 nitrogen and oxygen atoms in total. The predicted octanol–water partition coefficient (Wildman–Crippen LogP) is 3.32. The highest BCUT2D eigenvalue weighted by Gasteiger charge is 2.21. The van der Waals surface area contributed by atoms with Crippen LogP contribution in [0.1, 0.15) is 31.7 Å². The van der Waals surface area contributed by atoms with Crippen LogP contribution in [0, 0.1) is 10.1 Å². The van der Waals surface area contributed by atoms with Crippen molar-refractivity contribution in [2.24, 2.45) is 0 Å². The van der Waals surface area contributed by atoms with E-state index in [1.165, 1.54) is 12.8 Å². The van der Waals surface area contributed by atoms with E-state index in [1.807, 2.05) is 6.07 Å². The third-order valence-corrected chi connectivity index (χ3v) is 4.66. The molecule has 0 radical (unpaired) electrons. The Hall–Kier alpha value is -0.980. The fourth-order valence-electron chi connectivity index (χ4n) is 2.82. The summed E-state index contributed by atoms with van der Waals surface area (Å²) in [4.78, 5) is 12.9. The van der Waals surface area contributed by atoms with E-state index in [0.717, 1.165) is 42.6 Å². The minimum absolute atomic E-state index is 0.131. The van der Waals surface area contributed by atoms with Gasteiger partial charge in [-0.25, -0.2) is 0 Å². The summed E-state index contributed by atoms with van der Waals surface area (Å²) in [6.45, 7) is 6.21. The third kappa shape index (κ3) is 4.49. The number of halogens is 1. The van der Waals surface area contributed by atoms with Crippen molar-refractivity contribution in [2.75, 3.05) is 19.6 Å². The summed E-state index contributed by atoms with van der Waals surface area (Å²) >= 11 is 3.47. The number of hydrogen-bond donors (Lipinski definition) is 1. The van der Waals surface area contributed by atoms with Crippen LogP contribution in [0.2, 0.25) is 0 Å². The van der Waals surface area contributed by atoms with Gasteiger partial charge in [-0.3, -0.25) is 15.0 Å². The van der Waals surface area contributed by atoms with Gasteiger partial charge in [0.1, 0.15) is 0 Å². The predicted molar refractivity (Wildman–Crippen MR) is 87.4 cm³/mol. The zero-order valence-corrected chi connectivity index (χ0v) is 13.9. The van der Waals surface area contributed by atoms with Crippen molar-refractivity contribution in [1.29, 1.82) is 0 Å². The summed E-state index contributed by atoms with van der Waals surface area (Å²) < 4.78 is 0.821. The summed E-state index contributed by atoms with van der Waals surface area (Å²) in [5.74, 6) is 0. The quantitative estimate of drug-likeness (QED) is 0.628. The SMILES string of the molecule is CCCN(Cc1ccc([N+](=O)[O-])cc1Br)C1CCCNC1. The Balaban J connectivity index is 2.10. The summed E-state index contributed by atoms with van der Waals surface area (Å²) in [6.07, 6.45) is 3.55. The number of rotatable bonds is 6. The lowest BCUT2D eigenvalue weighted by molar-refractivity contribution is -0.384. The van der Waals surface area contributed by atoms with Gasteiger partial charge in [-0.15, -0.1) is 0 Å². The van der Waals surface area contributed by atoms with E-state index in [4.69, 9.17) is 0 Å². The number of nitro benzene ring substituents is 1. The Morgan fingerprint density at radius 1 is 1.52 bits per heavy atom. The molecular formula is C15H22BrN3O2. The molecule has 1 heterocycles. The van der Waals surface area contributed by atoms with Crippen LogP contribution in [0.3, 0.4) is 0 Å². The number of nitrogens with zero attached hydrogens (tertiary/aromatic N) is 2. The second-order valence-electron chi connectivity index (χ2n) is 5.50. The molecule has 1 aromatic carbocycles. The maximum atomic E-state index is 10.8. The second-order valence-corrected chi connectivity index (χ2v) is 6.36. The van der Waals surface area contributed by atoms with E-state index in [9.17, 15) is 10.1 Å². The fraction of sp³-hybridized carbons (Fsp3) is 0.600. The standard InChI is InChI=1S/C15H22BrN3O2/c1-2-8-18(14-4-3-7-17-10-14)11-12-5-6-13(19(20)21)9-15(12)16/h5-6,9,14,17H,2-4,7-8,10-11H2,1H3. The van der Waals surface area contributed by atoms with Crippen LogP contribution >= 0.6 is 15.9 Å². The fourth-order valence-corrected chi connectivity index (χ4v) is 3.31. The number of piperidine rings is 1. The molecule has 0 saturated carbocycles. The zero-order chi connectivity index (χ0) is 15.2. The molecule has 6 heteroatoms. The first kappa shape index (κ1) is 16.4. The first-order valence-electron chi connectivity index (χ1n) is 7.49. The first-order chi connectivity index (χ1) is 10.1.